The molecule has 0 aromatic carbocycles. The van der Waals surface area contributed by atoms with Crippen molar-refractivity contribution in [3.63, 3.8) is 0 Å². The maximum Gasteiger partial charge on any atom is 0.204 e. The Morgan fingerprint density at radius 1 is 1.56 bits per heavy atom. The fourth-order valence-corrected chi connectivity index (χ4v) is 0.577. The summed E-state index contributed by atoms with van der Waals surface area (Å²) in [6, 6.07) is 5.46. The van der Waals surface area contributed by atoms with Gasteiger partial charge in [0, 0.05) is 11.9 Å². The van der Waals surface area contributed by atoms with E-state index in [4.69, 9.17) is 0 Å². The molecule has 2 nitrogen and oxygen atoms in total. The van der Waals surface area contributed by atoms with Gasteiger partial charge in [0.2, 0.25) is 6.29 Å². The lowest BCUT2D eigenvalue weighted by molar-refractivity contribution is 0.554. The summed E-state index contributed by atoms with van der Waals surface area (Å²) in [6.45, 7) is 0. The number of rotatable bonds is 2. The first-order valence-corrected chi connectivity index (χ1v) is 2.68. The molecular formula is C7H6NO. The summed E-state index contributed by atoms with van der Waals surface area (Å²) in [5, 5.41) is 0. The van der Waals surface area contributed by atoms with Gasteiger partial charge < -0.3 is 0 Å². The maximum atomic E-state index is 9.81. The Bertz CT molecular complexity index is 183. The van der Waals surface area contributed by atoms with Crippen LogP contribution in [0.1, 0.15) is 5.69 Å². The molecule has 45 valence electrons. The van der Waals surface area contributed by atoms with E-state index in [1.807, 2.05) is 12.1 Å². The fraction of sp³-hybridized carbons (Fsp3) is 0.143. The number of nitrogens with zero attached hydrogens (tertiary/aromatic N) is 1. The van der Waals surface area contributed by atoms with E-state index >= 15 is 0 Å². The molecule has 0 fully saturated rings. The van der Waals surface area contributed by atoms with Crippen LogP contribution >= 0.6 is 0 Å². The third-order valence-electron chi connectivity index (χ3n) is 0.979. The van der Waals surface area contributed by atoms with Gasteiger partial charge in [0.25, 0.3) is 0 Å². The molecule has 0 aliphatic rings. The van der Waals surface area contributed by atoms with E-state index < -0.39 is 0 Å². The zero-order valence-corrected chi connectivity index (χ0v) is 4.87. The largest absolute Gasteiger partial charge is 0.290 e. The van der Waals surface area contributed by atoms with Gasteiger partial charge in [-0.05, 0) is 12.1 Å². The van der Waals surface area contributed by atoms with Crippen LogP contribution in [0.5, 0.6) is 0 Å². The van der Waals surface area contributed by atoms with Crippen molar-refractivity contribution in [3.05, 3.63) is 30.1 Å². The minimum atomic E-state index is 0.292. The molecule has 1 aromatic heterocycles. The molecule has 0 unspecified atom stereocenters. The smallest absolute Gasteiger partial charge is 0.204 e. The van der Waals surface area contributed by atoms with Crippen LogP contribution < -0.4 is 0 Å². The van der Waals surface area contributed by atoms with Crippen LogP contribution in [-0.4, -0.2) is 11.3 Å². The molecule has 0 amide bonds. The zero-order valence-electron chi connectivity index (χ0n) is 4.87. The predicted octanol–water partition coefficient (Wildman–Crippen LogP) is 0.734. The third-order valence-corrected chi connectivity index (χ3v) is 0.979. The topological polar surface area (TPSA) is 30.0 Å². The quantitative estimate of drug-likeness (QED) is 0.576. The first-order chi connectivity index (χ1) is 4.43. The molecule has 0 atom stereocenters. The monoisotopic (exact) mass is 120 g/mol. The van der Waals surface area contributed by atoms with Crippen LogP contribution in [0.2, 0.25) is 0 Å². The molecule has 0 saturated carbocycles. The molecule has 2 heteroatoms. The van der Waals surface area contributed by atoms with Crippen molar-refractivity contribution in [2.75, 3.05) is 0 Å². The molecule has 1 heterocycles. The van der Waals surface area contributed by atoms with Crippen molar-refractivity contribution in [2.24, 2.45) is 0 Å². The summed E-state index contributed by atoms with van der Waals surface area (Å²) in [5.74, 6) is 0. The molecule has 9 heavy (non-hydrogen) atoms. The highest BCUT2D eigenvalue weighted by Crippen LogP contribution is 1.90. The van der Waals surface area contributed by atoms with Crippen LogP contribution in [0.25, 0.3) is 0 Å². The first kappa shape index (κ1) is 5.95. The Morgan fingerprint density at radius 2 is 2.44 bits per heavy atom. The second-order valence-electron chi connectivity index (χ2n) is 1.64. The Hall–Kier alpha value is -1.18. The van der Waals surface area contributed by atoms with Crippen LogP contribution in [0.4, 0.5) is 0 Å². The van der Waals surface area contributed by atoms with Gasteiger partial charge in [0.1, 0.15) is 0 Å². The van der Waals surface area contributed by atoms with E-state index in [2.05, 4.69) is 4.98 Å². The standard InChI is InChI=1S/C7H6NO/c9-6-4-7-3-1-2-5-8-7/h1-3,5H,4H2. The Kier molecular flexibility index (Phi) is 1.96. The lowest BCUT2D eigenvalue weighted by Crippen LogP contribution is -1.87. The summed E-state index contributed by atoms with van der Waals surface area (Å²) in [6.07, 6.45) is 3.72. The molecule has 0 aliphatic carbocycles. The molecule has 0 bridgehead atoms. The molecule has 0 aliphatic heterocycles. The van der Waals surface area contributed by atoms with Gasteiger partial charge in [0.05, 0.1) is 6.42 Å². The van der Waals surface area contributed by atoms with Gasteiger partial charge in [-0.2, -0.15) is 0 Å². The van der Waals surface area contributed by atoms with E-state index in [1.165, 1.54) is 0 Å². The van der Waals surface area contributed by atoms with Gasteiger partial charge >= 0.3 is 0 Å². The van der Waals surface area contributed by atoms with E-state index in [1.54, 1.807) is 18.5 Å². The number of carbonyl (C=O) groups excluding carboxylic acids is 1. The molecule has 0 N–H and O–H groups in total. The SMILES string of the molecule is O=[C]Cc1ccccn1. The molecule has 0 spiro atoms. The minimum absolute atomic E-state index is 0.292. The lowest BCUT2D eigenvalue weighted by atomic mass is 10.3. The highest BCUT2D eigenvalue weighted by molar-refractivity contribution is 5.54. The molecule has 1 aromatic rings. The Morgan fingerprint density at radius 3 is 3.00 bits per heavy atom. The molecular weight excluding hydrogens is 114 g/mol. The molecule has 1 rings (SSSR count). The summed E-state index contributed by atoms with van der Waals surface area (Å²) < 4.78 is 0. The van der Waals surface area contributed by atoms with Gasteiger partial charge in [-0.3, -0.25) is 9.78 Å². The second-order valence-corrected chi connectivity index (χ2v) is 1.64. The summed E-state index contributed by atoms with van der Waals surface area (Å²) in [5.41, 5.74) is 0.771. The normalized spacial score (nSPS) is 8.89. The van der Waals surface area contributed by atoms with Crippen LogP contribution in [-0.2, 0) is 11.2 Å². The second kappa shape index (κ2) is 2.97. The van der Waals surface area contributed by atoms with E-state index in [-0.39, 0.29) is 0 Å². The Balaban J connectivity index is 2.72. The summed E-state index contributed by atoms with van der Waals surface area (Å²) in [4.78, 5) is 13.7. The molecule has 1 radical (unpaired) electrons. The van der Waals surface area contributed by atoms with Gasteiger partial charge in [0.15, 0.2) is 0 Å². The summed E-state index contributed by atoms with van der Waals surface area (Å²) >= 11 is 0. The number of hydrogen-bond acceptors (Lipinski definition) is 2. The van der Waals surface area contributed by atoms with Crippen molar-refractivity contribution >= 4 is 6.29 Å². The minimum Gasteiger partial charge on any atom is -0.290 e. The van der Waals surface area contributed by atoms with Crippen LogP contribution in [0.3, 0.4) is 0 Å². The zero-order chi connectivity index (χ0) is 6.53. The van der Waals surface area contributed by atoms with Crippen LogP contribution in [0.15, 0.2) is 24.4 Å². The van der Waals surface area contributed by atoms with Gasteiger partial charge in [-0.15, -0.1) is 0 Å². The van der Waals surface area contributed by atoms with Crippen molar-refractivity contribution < 1.29 is 4.79 Å². The van der Waals surface area contributed by atoms with Gasteiger partial charge in [-0.1, -0.05) is 6.07 Å². The fourth-order valence-electron chi connectivity index (χ4n) is 0.577. The third kappa shape index (κ3) is 1.64. The van der Waals surface area contributed by atoms with E-state index in [0.29, 0.717) is 6.42 Å². The first-order valence-electron chi connectivity index (χ1n) is 2.68. The Labute approximate surface area is 53.5 Å². The number of aromatic nitrogens is 1. The average molecular weight is 120 g/mol. The lowest BCUT2D eigenvalue weighted by Gasteiger charge is -1.87. The molecule has 0 saturated heterocycles. The highest BCUT2D eigenvalue weighted by atomic mass is 16.1. The maximum absolute atomic E-state index is 9.81. The predicted molar refractivity (Wildman–Crippen MR) is 33.6 cm³/mol. The number of hydrogen-bond donors (Lipinski definition) is 0. The van der Waals surface area contributed by atoms with E-state index in [0.717, 1.165) is 5.69 Å². The van der Waals surface area contributed by atoms with E-state index in [9.17, 15) is 4.79 Å². The summed E-state index contributed by atoms with van der Waals surface area (Å²) in [7, 11) is 0. The van der Waals surface area contributed by atoms with Crippen molar-refractivity contribution in [2.45, 2.75) is 6.42 Å². The highest BCUT2D eigenvalue weighted by Gasteiger charge is 1.87. The van der Waals surface area contributed by atoms with Crippen LogP contribution in [0, 0.1) is 0 Å². The number of pyridine rings is 1. The van der Waals surface area contributed by atoms with Crippen molar-refractivity contribution in [1.82, 2.24) is 4.98 Å². The average Bonchev–Trinajstić information content (AvgIpc) is 1.91. The van der Waals surface area contributed by atoms with Crippen molar-refractivity contribution in [3.8, 4) is 0 Å². The van der Waals surface area contributed by atoms with Gasteiger partial charge in [-0.25, -0.2) is 0 Å². The van der Waals surface area contributed by atoms with Crippen molar-refractivity contribution in [1.29, 1.82) is 0 Å².